The van der Waals surface area contributed by atoms with Gasteiger partial charge in [0.05, 0.1) is 20.4 Å². The molecule has 0 saturated carbocycles. The van der Waals surface area contributed by atoms with Crippen molar-refractivity contribution in [1.82, 2.24) is 9.97 Å². The molecule has 0 atom stereocenters. The minimum Gasteiger partial charge on any atom is -0.377 e. The molecule has 0 saturated heterocycles. The maximum atomic E-state index is 5.37. The fourth-order valence-corrected chi connectivity index (χ4v) is 13.8. The molecule has 0 spiro atoms. The first kappa shape index (κ1) is 29.9. The van der Waals surface area contributed by atoms with Crippen molar-refractivity contribution in [3.05, 3.63) is 84.4 Å². The molecule has 12 heteroatoms. The van der Waals surface area contributed by atoms with E-state index in [9.17, 15) is 0 Å². The van der Waals surface area contributed by atoms with Crippen molar-refractivity contribution in [1.29, 1.82) is 0 Å². The molecule has 0 bridgehead atoms. The van der Waals surface area contributed by atoms with Crippen molar-refractivity contribution in [3.63, 3.8) is 0 Å². The van der Waals surface area contributed by atoms with Gasteiger partial charge in [-0.15, -0.1) is 22.7 Å². The molecular formula is C26H28N2O3S6Si. The molecule has 0 fully saturated rings. The number of thiazole rings is 2. The number of aryl methyl sites for hydroxylation is 1. The first-order chi connectivity index (χ1) is 18.6. The van der Waals surface area contributed by atoms with E-state index < -0.39 is 8.80 Å². The lowest BCUT2D eigenvalue weighted by Gasteiger charge is -2.24. The van der Waals surface area contributed by atoms with Crippen molar-refractivity contribution in [3.8, 4) is 0 Å². The molecule has 200 valence electrons. The number of hydrogen-bond acceptors (Lipinski definition) is 11. The van der Waals surface area contributed by atoms with Gasteiger partial charge in [-0.1, -0.05) is 54.6 Å². The van der Waals surface area contributed by atoms with Gasteiger partial charge in [0, 0.05) is 27.4 Å². The molecule has 2 heterocycles. The van der Waals surface area contributed by atoms with Gasteiger partial charge in [-0.3, -0.25) is 0 Å². The predicted molar refractivity (Wildman–Crippen MR) is 172 cm³/mol. The zero-order chi connectivity index (χ0) is 26.6. The SMILES string of the molecule is CO[Si](CCCc1ccccc1)(OC)OC.c1ccc2sc(SSSSc3nc4ccccc4s3)nc2c1. The number of aromatic nitrogens is 2. The molecular weight excluding hydrogens is 609 g/mol. The fourth-order valence-electron chi connectivity index (χ4n) is 3.57. The molecule has 0 aliphatic heterocycles. The molecule has 5 rings (SSSR count). The predicted octanol–water partition coefficient (Wildman–Crippen LogP) is 9.50. The zero-order valence-electron chi connectivity index (χ0n) is 21.2. The summed E-state index contributed by atoms with van der Waals surface area (Å²) in [4.78, 5) is 9.23. The van der Waals surface area contributed by atoms with E-state index in [0.29, 0.717) is 0 Å². The van der Waals surface area contributed by atoms with Crippen LogP contribution in [0.5, 0.6) is 0 Å². The Labute approximate surface area is 248 Å². The van der Waals surface area contributed by atoms with E-state index in [0.717, 1.165) is 38.6 Å². The molecule has 3 aromatic carbocycles. The molecule has 0 amide bonds. The minimum atomic E-state index is -2.37. The summed E-state index contributed by atoms with van der Waals surface area (Å²) < 4.78 is 20.8. The first-order valence-corrected chi connectivity index (χ1v) is 20.1. The summed E-state index contributed by atoms with van der Waals surface area (Å²) in [5, 5.41) is 0. The monoisotopic (exact) mass is 636 g/mol. The Kier molecular flexibility index (Phi) is 12.3. The summed E-state index contributed by atoms with van der Waals surface area (Å²) in [7, 11) is 9.50. The Balaban J connectivity index is 0.000000188. The van der Waals surface area contributed by atoms with E-state index in [1.165, 1.54) is 15.0 Å². The van der Waals surface area contributed by atoms with Crippen molar-refractivity contribution in [2.24, 2.45) is 0 Å². The lowest BCUT2D eigenvalue weighted by Crippen LogP contribution is -2.42. The quantitative estimate of drug-likeness (QED) is 0.0757. The van der Waals surface area contributed by atoms with Gasteiger partial charge in [-0.2, -0.15) is 0 Å². The smallest absolute Gasteiger partial charge is 0.377 e. The standard InChI is InChI=1S/C14H8N2S6.C12H20O3Si/c1-3-7-11-9(5-1)15-13(17-11)19-21-22-20-14-16-10-6-2-4-8-12(10)18-14;1-13-16(14-2,15-3)11-7-10-12-8-5-4-6-9-12/h1-8H;4-6,8-9H,7,10-11H2,1-3H3. The number of nitrogens with zero attached hydrogens (tertiary/aromatic N) is 2. The third-order valence-corrected chi connectivity index (χ3v) is 17.0. The number of para-hydroxylation sites is 2. The second-order valence-electron chi connectivity index (χ2n) is 7.83. The van der Waals surface area contributed by atoms with Crippen molar-refractivity contribution >= 4 is 93.2 Å². The average molecular weight is 637 g/mol. The zero-order valence-corrected chi connectivity index (χ0v) is 27.1. The van der Waals surface area contributed by atoms with Crippen LogP contribution in [-0.2, 0) is 19.7 Å². The number of hydrogen-bond donors (Lipinski definition) is 0. The van der Waals surface area contributed by atoms with Crippen molar-refractivity contribution < 1.29 is 13.3 Å². The molecule has 5 nitrogen and oxygen atoms in total. The summed E-state index contributed by atoms with van der Waals surface area (Å²) in [5.41, 5.74) is 3.51. The highest BCUT2D eigenvalue weighted by Gasteiger charge is 2.36. The highest BCUT2D eigenvalue weighted by Crippen LogP contribution is 2.51. The largest absolute Gasteiger partial charge is 0.500 e. The van der Waals surface area contributed by atoms with Gasteiger partial charge in [-0.05, 0) is 83.9 Å². The fraction of sp³-hybridized carbons (Fsp3) is 0.231. The van der Waals surface area contributed by atoms with E-state index >= 15 is 0 Å². The Morgan fingerprint density at radius 3 is 1.61 bits per heavy atom. The van der Waals surface area contributed by atoms with E-state index in [1.807, 2.05) is 18.2 Å². The third-order valence-electron chi connectivity index (χ3n) is 5.51. The van der Waals surface area contributed by atoms with Gasteiger partial charge in [0.2, 0.25) is 0 Å². The summed E-state index contributed by atoms with van der Waals surface area (Å²) in [6.45, 7) is 0. The molecule has 0 aliphatic carbocycles. The molecule has 0 radical (unpaired) electrons. The van der Waals surface area contributed by atoms with Crippen LogP contribution in [0.4, 0.5) is 0 Å². The van der Waals surface area contributed by atoms with Gasteiger partial charge in [0.25, 0.3) is 0 Å². The molecule has 0 N–H and O–H groups in total. The van der Waals surface area contributed by atoms with Gasteiger partial charge >= 0.3 is 8.80 Å². The van der Waals surface area contributed by atoms with Gasteiger partial charge < -0.3 is 13.3 Å². The first-order valence-electron chi connectivity index (χ1n) is 11.7. The lowest BCUT2D eigenvalue weighted by atomic mass is 10.1. The normalized spacial score (nSPS) is 11.6. The Bertz CT molecular complexity index is 1250. The lowest BCUT2D eigenvalue weighted by molar-refractivity contribution is 0.123. The number of rotatable bonds is 12. The molecule has 38 heavy (non-hydrogen) atoms. The molecule has 5 aromatic rings. The van der Waals surface area contributed by atoms with E-state index in [2.05, 4.69) is 70.6 Å². The number of fused-ring (bicyclic) bond motifs is 2. The molecule has 0 unspecified atom stereocenters. The Morgan fingerprint density at radius 1 is 0.658 bits per heavy atom. The topological polar surface area (TPSA) is 53.5 Å². The second kappa shape index (κ2) is 15.7. The maximum Gasteiger partial charge on any atom is 0.500 e. The van der Waals surface area contributed by atoms with Crippen LogP contribution < -0.4 is 0 Å². The summed E-state index contributed by atoms with van der Waals surface area (Å²) in [6.07, 6.45) is 2.05. The second-order valence-corrected chi connectivity index (χ2v) is 19.1. The summed E-state index contributed by atoms with van der Waals surface area (Å²) >= 11 is 3.49. The van der Waals surface area contributed by atoms with Gasteiger partial charge in [0.1, 0.15) is 0 Å². The van der Waals surface area contributed by atoms with Crippen molar-refractivity contribution in [2.45, 2.75) is 27.6 Å². The van der Waals surface area contributed by atoms with Crippen LogP contribution in [0.2, 0.25) is 6.04 Å². The molecule has 2 aromatic heterocycles. The minimum absolute atomic E-state index is 0.853. The van der Waals surface area contributed by atoms with Crippen LogP contribution in [0.3, 0.4) is 0 Å². The van der Waals surface area contributed by atoms with E-state index in [4.69, 9.17) is 13.3 Å². The van der Waals surface area contributed by atoms with Crippen LogP contribution in [0.1, 0.15) is 12.0 Å². The van der Waals surface area contributed by atoms with Crippen LogP contribution in [0, 0.1) is 0 Å². The third kappa shape index (κ3) is 8.72. The maximum absolute atomic E-state index is 5.37. The summed E-state index contributed by atoms with van der Waals surface area (Å²) in [5.74, 6) is 0. The highest BCUT2D eigenvalue weighted by atomic mass is 33.7. The van der Waals surface area contributed by atoms with Crippen LogP contribution >= 0.6 is 63.9 Å². The van der Waals surface area contributed by atoms with Gasteiger partial charge in [-0.25, -0.2) is 9.97 Å². The Hall–Kier alpha value is -1.06. The number of benzene rings is 3. The highest BCUT2D eigenvalue weighted by molar-refractivity contribution is 9.26. The van der Waals surface area contributed by atoms with Crippen LogP contribution in [0.25, 0.3) is 20.4 Å². The van der Waals surface area contributed by atoms with Crippen molar-refractivity contribution in [2.75, 3.05) is 21.3 Å². The Morgan fingerprint density at radius 2 is 1.13 bits per heavy atom. The summed E-state index contributed by atoms with van der Waals surface area (Å²) in [6, 6.07) is 27.8. The van der Waals surface area contributed by atoms with Crippen LogP contribution in [-0.4, -0.2) is 40.1 Å². The molecule has 0 aliphatic rings. The van der Waals surface area contributed by atoms with Crippen LogP contribution in [0.15, 0.2) is 87.5 Å². The van der Waals surface area contributed by atoms with E-state index in [-0.39, 0.29) is 0 Å². The van der Waals surface area contributed by atoms with Gasteiger partial charge in [0.15, 0.2) is 8.68 Å². The average Bonchev–Trinajstić information content (AvgIpc) is 3.58. The van der Waals surface area contributed by atoms with E-state index in [1.54, 1.807) is 85.2 Å².